The van der Waals surface area contributed by atoms with Crippen molar-refractivity contribution in [1.82, 2.24) is 9.88 Å². The number of ether oxygens (including phenoxy) is 1. The Morgan fingerprint density at radius 2 is 1.97 bits per heavy atom. The number of benzene rings is 1. The lowest BCUT2D eigenvalue weighted by Gasteiger charge is -2.18. The number of aromatic nitrogens is 1. The summed E-state index contributed by atoms with van der Waals surface area (Å²) in [6.45, 7) is 10.7. The monoisotopic (exact) mass is 465 g/mol. The molecule has 2 aromatic rings. The van der Waals surface area contributed by atoms with Crippen LogP contribution in [-0.4, -0.2) is 36.1 Å². The van der Waals surface area contributed by atoms with Crippen molar-refractivity contribution in [3.63, 3.8) is 0 Å². The molecule has 1 aromatic heterocycles. The Balaban J connectivity index is 0.000000501. The summed E-state index contributed by atoms with van der Waals surface area (Å²) >= 11 is 12.5. The maximum atomic E-state index is 13.1. The van der Waals surface area contributed by atoms with Crippen molar-refractivity contribution >= 4 is 29.1 Å². The lowest BCUT2D eigenvalue weighted by atomic mass is 9.93. The molecule has 0 aliphatic carbocycles. The van der Waals surface area contributed by atoms with Crippen molar-refractivity contribution in [3.8, 4) is 11.1 Å². The SMILES string of the molecule is CCCCOC.Cc1nc2c(c(-c3ccc(Cl)cc3Cl)c1CN)C(=O)N(CC(C)C)C2. The van der Waals surface area contributed by atoms with Crippen LogP contribution in [0.1, 0.15) is 60.9 Å². The molecule has 0 bridgehead atoms. The Kier molecular flexibility index (Phi) is 9.76. The number of carbonyl (C=O) groups excluding carboxylic acids is 1. The first-order chi connectivity index (χ1) is 14.7. The minimum absolute atomic E-state index is 0.00748. The van der Waals surface area contributed by atoms with Gasteiger partial charge in [0.15, 0.2) is 0 Å². The second-order valence-corrected chi connectivity index (χ2v) is 8.97. The second kappa shape index (κ2) is 11.8. The highest BCUT2D eigenvalue weighted by molar-refractivity contribution is 6.36. The average Bonchev–Trinajstić information content (AvgIpc) is 3.00. The molecule has 2 heterocycles. The summed E-state index contributed by atoms with van der Waals surface area (Å²) in [6, 6.07) is 5.31. The summed E-state index contributed by atoms with van der Waals surface area (Å²) in [4.78, 5) is 19.6. The zero-order chi connectivity index (χ0) is 23.1. The van der Waals surface area contributed by atoms with E-state index in [1.54, 1.807) is 19.2 Å². The normalized spacial score (nSPS) is 12.8. The van der Waals surface area contributed by atoms with Gasteiger partial charge < -0.3 is 15.4 Å². The van der Waals surface area contributed by atoms with E-state index < -0.39 is 0 Å². The molecule has 1 amide bonds. The van der Waals surface area contributed by atoms with Crippen LogP contribution < -0.4 is 5.73 Å². The molecule has 0 atom stereocenters. The van der Waals surface area contributed by atoms with Crippen molar-refractivity contribution in [2.75, 3.05) is 20.3 Å². The molecule has 0 radical (unpaired) electrons. The fourth-order valence-corrected chi connectivity index (χ4v) is 4.18. The van der Waals surface area contributed by atoms with Crippen LogP contribution in [0.15, 0.2) is 18.2 Å². The highest BCUT2D eigenvalue weighted by atomic mass is 35.5. The van der Waals surface area contributed by atoms with Gasteiger partial charge in [-0.1, -0.05) is 56.5 Å². The van der Waals surface area contributed by atoms with Crippen molar-refractivity contribution in [1.29, 1.82) is 0 Å². The van der Waals surface area contributed by atoms with Crippen LogP contribution in [0.5, 0.6) is 0 Å². The molecule has 7 heteroatoms. The third-order valence-electron chi connectivity index (χ3n) is 5.11. The number of aryl methyl sites for hydroxylation is 1. The molecule has 5 nitrogen and oxygen atoms in total. The zero-order valence-electron chi connectivity index (χ0n) is 19.1. The molecule has 0 saturated heterocycles. The van der Waals surface area contributed by atoms with E-state index in [9.17, 15) is 4.79 Å². The third kappa shape index (κ3) is 6.19. The number of hydrogen-bond acceptors (Lipinski definition) is 4. The van der Waals surface area contributed by atoms with Gasteiger partial charge in [0.25, 0.3) is 5.91 Å². The Bertz CT molecular complexity index is 912. The first-order valence-corrected chi connectivity index (χ1v) is 11.5. The van der Waals surface area contributed by atoms with Crippen LogP contribution >= 0.6 is 23.2 Å². The van der Waals surface area contributed by atoms with Crippen molar-refractivity contribution in [2.24, 2.45) is 11.7 Å². The van der Waals surface area contributed by atoms with Crippen LogP contribution in [0.3, 0.4) is 0 Å². The molecule has 0 spiro atoms. The predicted octanol–water partition coefficient (Wildman–Crippen LogP) is 5.87. The lowest BCUT2D eigenvalue weighted by molar-refractivity contribution is 0.0760. The van der Waals surface area contributed by atoms with E-state index in [1.807, 2.05) is 17.9 Å². The maximum absolute atomic E-state index is 13.1. The number of pyridine rings is 1. The average molecular weight is 466 g/mol. The van der Waals surface area contributed by atoms with E-state index in [1.165, 1.54) is 12.8 Å². The first kappa shape index (κ1) is 25.6. The van der Waals surface area contributed by atoms with E-state index in [-0.39, 0.29) is 12.5 Å². The van der Waals surface area contributed by atoms with Crippen LogP contribution in [0.2, 0.25) is 10.0 Å². The highest BCUT2D eigenvalue weighted by Gasteiger charge is 2.34. The molecule has 0 saturated carbocycles. The van der Waals surface area contributed by atoms with E-state index in [2.05, 4.69) is 25.8 Å². The smallest absolute Gasteiger partial charge is 0.256 e. The molecule has 3 rings (SSSR count). The fourth-order valence-electron chi connectivity index (χ4n) is 3.67. The number of nitrogens with zero attached hydrogens (tertiary/aromatic N) is 2. The van der Waals surface area contributed by atoms with E-state index in [0.29, 0.717) is 34.6 Å². The Morgan fingerprint density at radius 3 is 2.48 bits per heavy atom. The minimum atomic E-state index is -0.00748. The van der Waals surface area contributed by atoms with Crippen molar-refractivity contribution in [2.45, 2.75) is 53.6 Å². The number of rotatable bonds is 7. The number of amides is 1. The standard InChI is InChI=1S/C19H21Cl2N3O.C5H12O/c1-10(2)8-24-9-16-18(19(24)25)17(14(7-22)11(3)23-16)13-5-4-12(20)6-15(13)21;1-3-4-5-6-2/h4-6,10H,7-9,22H2,1-3H3;3-5H2,1-2H3. The van der Waals surface area contributed by atoms with Crippen molar-refractivity contribution in [3.05, 3.63) is 50.8 Å². The number of halogens is 2. The summed E-state index contributed by atoms with van der Waals surface area (Å²) in [5, 5.41) is 1.06. The minimum Gasteiger partial charge on any atom is -0.385 e. The van der Waals surface area contributed by atoms with Gasteiger partial charge in [0.05, 0.1) is 17.8 Å². The molecule has 2 N–H and O–H groups in total. The van der Waals surface area contributed by atoms with E-state index in [0.717, 1.165) is 34.7 Å². The van der Waals surface area contributed by atoms with Gasteiger partial charge in [-0.05, 0) is 37.0 Å². The third-order valence-corrected chi connectivity index (χ3v) is 5.66. The molecular formula is C24H33Cl2N3O2. The Labute approximate surface area is 195 Å². The van der Waals surface area contributed by atoms with Gasteiger partial charge in [-0.2, -0.15) is 0 Å². The highest BCUT2D eigenvalue weighted by Crippen LogP contribution is 2.39. The van der Waals surface area contributed by atoms with Gasteiger partial charge >= 0.3 is 0 Å². The largest absolute Gasteiger partial charge is 0.385 e. The van der Waals surface area contributed by atoms with Crippen LogP contribution in [0, 0.1) is 12.8 Å². The number of nitrogens with two attached hydrogens (primary N) is 1. The number of hydrogen-bond donors (Lipinski definition) is 1. The van der Waals surface area contributed by atoms with Crippen LogP contribution in [-0.2, 0) is 17.8 Å². The summed E-state index contributed by atoms with van der Waals surface area (Å²) in [5.41, 5.74) is 10.7. The van der Waals surface area contributed by atoms with Gasteiger partial charge in [-0.25, -0.2) is 0 Å². The molecule has 0 unspecified atom stereocenters. The maximum Gasteiger partial charge on any atom is 0.256 e. The number of unbranched alkanes of at least 4 members (excludes halogenated alkanes) is 1. The summed E-state index contributed by atoms with van der Waals surface area (Å²) < 4.78 is 4.78. The summed E-state index contributed by atoms with van der Waals surface area (Å²) in [7, 11) is 1.73. The van der Waals surface area contributed by atoms with Gasteiger partial charge in [-0.3, -0.25) is 9.78 Å². The van der Waals surface area contributed by atoms with Gasteiger partial charge in [0.1, 0.15) is 0 Å². The second-order valence-electron chi connectivity index (χ2n) is 8.13. The lowest BCUT2D eigenvalue weighted by Crippen LogP contribution is -2.28. The molecular weight excluding hydrogens is 433 g/mol. The number of carbonyl (C=O) groups is 1. The molecule has 1 aliphatic heterocycles. The van der Waals surface area contributed by atoms with Gasteiger partial charge in [0.2, 0.25) is 0 Å². The molecule has 0 fully saturated rings. The van der Waals surface area contributed by atoms with E-state index in [4.69, 9.17) is 33.7 Å². The zero-order valence-corrected chi connectivity index (χ0v) is 20.6. The van der Waals surface area contributed by atoms with Gasteiger partial charge in [0, 0.05) is 53.7 Å². The topological polar surface area (TPSA) is 68.5 Å². The molecule has 170 valence electrons. The Morgan fingerprint density at radius 1 is 1.26 bits per heavy atom. The number of fused-ring (bicyclic) bond motifs is 1. The fraction of sp³-hybridized carbons (Fsp3) is 0.500. The molecule has 1 aliphatic rings. The quantitative estimate of drug-likeness (QED) is 0.519. The summed E-state index contributed by atoms with van der Waals surface area (Å²) in [6.07, 6.45) is 2.42. The van der Waals surface area contributed by atoms with Gasteiger partial charge in [-0.15, -0.1) is 0 Å². The molecule has 1 aromatic carbocycles. The van der Waals surface area contributed by atoms with Crippen LogP contribution in [0.4, 0.5) is 0 Å². The molecule has 31 heavy (non-hydrogen) atoms. The van der Waals surface area contributed by atoms with E-state index >= 15 is 0 Å². The first-order valence-electron chi connectivity index (χ1n) is 10.7. The number of methoxy groups -OCH3 is 1. The summed E-state index contributed by atoms with van der Waals surface area (Å²) in [5.74, 6) is 0.378. The Hall–Kier alpha value is -1.66. The predicted molar refractivity (Wildman–Crippen MR) is 129 cm³/mol. The van der Waals surface area contributed by atoms with Crippen LogP contribution in [0.25, 0.3) is 11.1 Å². The van der Waals surface area contributed by atoms with Crippen molar-refractivity contribution < 1.29 is 9.53 Å².